The number of phosphoric ester groups is 3. The van der Waals surface area contributed by atoms with Gasteiger partial charge in [0, 0.05) is 0 Å². The molecule has 0 saturated heterocycles. The maximum absolute atomic E-state index is 11.1. The highest BCUT2D eigenvalue weighted by atomic mass is 31.2. The Kier molecular flexibility index (Phi) is 6.81. The Morgan fingerprint density at radius 1 is 0.760 bits per heavy atom. The largest absolute Gasteiger partial charge is 0.470 e. The third-order valence-corrected chi connectivity index (χ3v) is 4.94. The molecule has 1 rings (SSSR count). The van der Waals surface area contributed by atoms with Crippen molar-refractivity contribution in [2.45, 2.75) is 43.0 Å². The van der Waals surface area contributed by atoms with Crippen LogP contribution in [-0.4, -0.2) is 80.8 Å². The first kappa shape index (κ1) is 23.2. The summed E-state index contributed by atoms with van der Waals surface area (Å²) in [5, 5.41) is 29.9. The van der Waals surface area contributed by atoms with Gasteiger partial charge in [-0.2, -0.15) is 0 Å². The van der Waals surface area contributed by atoms with Crippen molar-refractivity contribution in [3.05, 3.63) is 0 Å². The number of hydrogen-bond donors (Lipinski definition) is 9. The molecule has 0 bridgehead atoms. The fraction of sp³-hybridized carbons (Fsp3) is 1.00. The smallest absolute Gasteiger partial charge is 0.387 e. The molecule has 0 heterocycles. The van der Waals surface area contributed by atoms with E-state index in [1.54, 1.807) is 0 Å². The van der Waals surface area contributed by atoms with E-state index in [4.69, 9.17) is 29.4 Å². The van der Waals surface area contributed by atoms with Crippen LogP contribution in [0.25, 0.3) is 0 Å². The molecule has 0 radical (unpaired) electrons. The zero-order valence-electron chi connectivity index (χ0n) is 12.2. The Morgan fingerprint density at radius 3 is 1.56 bits per heavy atom. The van der Waals surface area contributed by atoms with Crippen LogP contribution >= 0.6 is 23.5 Å². The number of rotatable bonds is 6. The Balaban J connectivity index is 3.39. The fourth-order valence-corrected chi connectivity index (χ4v) is 4.28. The molecule has 150 valence electrons. The molecule has 0 amide bonds. The van der Waals surface area contributed by atoms with E-state index in [2.05, 4.69) is 13.6 Å². The summed E-state index contributed by atoms with van der Waals surface area (Å²) < 4.78 is 45.5. The SMILES string of the molecule is C[C@]1(OP(=O)(O)O)[C@H](OP(=O)(O)O)[C@@H](O)[C@H](OP(=O)(O)O)[C@H](O)[C@@H]1O. The summed E-state index contributed by atoms with van der Waals surface area (Å²) in [6, 6.07) is 0. The Bertz CT molecular complexity index is 619. The van der Waals surface area contributed by atoms with Gasteiger partial charge in [0.2, 0.25) is 0 Å². The van der Waals surface area contributed by atoms with Crippen LogP contribution < -0.4 is 0 Å². The van der Waals surface area contributed by atoms with Crippen LogP contribution in [0.2, 0.25) is 0 Å². The van der Waals surface area contributed by atoms with Crippen molar-refractivity contribution in [3.8, 4) is 0 Å². The summed E-state index contributed by atoms with van der Waals surface area (Å²) in [7, 11) is -16.3. The molecule has 0 aromatic heterocycles. The van der Waals surface area contributed by atoms with Crippen molar-refractivity contribution in [1.82, 2.24) is 0 Å². The molecule has 1 fully saturated rings. The van der Waals surface area contributed by atoms with Gasteiger partial charge in [0.25, 0.3) is 0 Å². The van der Waals surface area contributed by atoms with Gasteiger partial charge in [-0.1, -0.05) is 0 Å². The van der Waals surface area contributed by atoms with E-state index in [0.29, 0.717) is 6.92 Å². The minimum Gasteiger partial charge on any atom is -0.387 e. The van der Waals surface area contributed by atoms with E-state index < -0.39 is 59.6 Å². The molecule has 0 aromatic carbocycles. The maximum Gasteiger partial charge on any atom is 0.470 e. The summed E-state index contributed by atoms with van der Waals surface area (Å²) in [6.45, 7) is 0.636. The van der Waals surface area contributed by atoms with Crippen molar-refractivity contribution in [2.75, 3.05) is 0 Å². The van der Waals surface area contributed by atoms with Gasteiger partial charge in [-0.05, 0) is 6.92 Å². The van der Waals surface area contributed by atoms with Gasteiger partial charge >= 0.3 is 23.5 Å². The minimum absolute atomic E-state index is 0.636. The lowest BCUT2D eigenvalue weighted by Crippen LogP contribution is -2.70. The molecule has 0 aromatic rings. The Morgan fingerprint density at radius 2 is 1.20 bits per heavy atom. The third-order valence-electron chi connectivity index (χ3n) is 3.28. The first-order chi connectivity index (χ1) is 10.9. The number of aliphatic hydroxyl groups excluding tert-OH is 3. The molecule has 18 heteroatoms. The van der Waals surface area contributed by atoms with Gasteiger partial charge in [-0.3, -0.25) is 13.6 Å². The van der Waals surface area contributed by atoms with Gasteiger partial charge in [0.15, 0.2) is 0 Å². The lowest BCUT2D eigenvalue weighted by Gasteiger charge is -2.50. The predicted octanol–water partition coefficient (Wildman–Crippen LogP) is -3.09. The van der Waals surface area contributed by atoms with Crippen molar-refractivity contribution in [2.24, 2.45) is 0 Å². The lowest BCUT2D eigenvalue weighted by atomic mass is 9.76. The molecule has 1 saturated carbocycles. The standard InChI is InChI=1S/C7H17O15P3/c1-7(22-25(17,18)19)5(10)2(8)4(20-23(11,12)13)3(9)6(7)21-24(14,15)16/h2-6,8-10H,1H3,(H2,11,12,13)(H2,14,15,16)(H2,17,18,19)/t2-,3-,4+,5-,6+,7+/m0/s1. The minimum atomic E-state index is -5.48. The number of hydrogen-bond acceptors (Lipinski definition) is 9. The van der Waals surface area contributed by atoms with E-state index >= 15 is 0 Å². The quantitative estimate of drug-likeness (QED) is 0.188. The summed E-state index contributed by atoms with van der Waals surface area (Å²) in [5.41, 5.74) is -2.81. The molecule has 1 aliphatic rings. The zero-order chi connectivity index (χ0) is 20.0. The topological polar surface area (TPSA) is 261 Å². The highest BCUT2D eigenvalue weighted by Gasteiger charge is 2.63. The molecule has 15 nitrogen and oxygen atoms in total. The van der Waals surface area contributed by atoms with Gasteiger partial charge in [0.1, 0.15) is 36.1 Å². The molecular formula is C7H17O15P3. The molecule has 0 spiro atoms. The average Bonchev–Trinajstić information content (AvgIpc) is 2.34. The molecule has 0 aliphatic heterocycles. The van der Waals surface area contributed by atoms with Crippen LogP contribution in [0.4, 0.5) is 0 Å². The first-order valence-corrected chi connectivity index (χ1v) is 10.7. The van der Waals surface area contributed by atoms with E-state index in [1.807, 2.05) is 0 Å². The zero-order valence-corrected chi connectivity index (χ0v) is 14.9. The van der Waals surface area contributed by atoms with E-state index in [9.17, 15) is 29.0 Å². The second-order valence-corrected chi connectivity index (χ2v) is 8.82. The van der Waals surface area contributed by atoms with Crippen molar-refractivity contribution in [1.29, 1.82) is 0 Å². The molecule has 6 atom stereocenters. The summed E-state index contributed by atoms with van der Waals surface area (Å²) in [4.78, 5) is 53.1. The van der Waals surface area contributed by atoms with Crippen LogP contribution in [0.15, 0.2) is 0 Å². The number of aliphatic hydroxyl groups is 3. The van der Waals surface area contributed by atoms with Gasteiger partial charge in [-0.25, -0.2) is 13.7 Å². The molecule has 1 aliphatic carbocycles. The maximum atomic E-state index is 11.1. The van der Waals surface area contributed by atoms with Crippen molar-refractivity contribution in [3.63, 3.8) is 0 Å². The predicted molar refractivity (Wildman–Crippen MR) is 73.4 cm³/mol. The Labute approximate surface area is 139 Å². The van der Waals surface area contributed by atoms with Gasteiger partial charge in [-0.15, -0.1) is 0 Å². The van der Waals surface area contributed by atoms with Crippen molar-refractivity contribution < 1.29 is 71.9 Å². The molecule has 9 N–H and O–H groups in total. The molecule has 0 unspecified atom stereocenters. The second-order valence-electron chi connectivity index (χ2n) is 5.27. The summed E-state index contributed by atoms with van der Waals surface area (Å²) in [6.07, 6.45) is -12.2. The molecule has 25 heavy (non-hydrogen) atoms. The number of phosphoric acid groups is 3. The first-order valence-electron chi connectivity index (χ1n) is 6.16. The fourth-order valence-electron chi connectivity index (χ4n) is 2.36. The normalized spacial score (nSPS) is 37.9. The highest BCUT2D eigenvalue weighted by Crippen LogP contribution is 2.53. The second kappa shape index (κ2) is 7.32. The van der Waals surface area contributed by atoms with Gasteiger partial charge < -0.3 is 44.7 Å². The highest BCUT2D eigenvalue weighted by molar-refractivity contribution is 7.46. The van der Waals surface area contributed by atoms with Gasteiger partial charge in [0.05, 0.1) is 0 Å². The van der Waals surface area contributed by atoms with Crippen LogP contribution in [0, 0.1) is 0 Å². The average molecular weight is 434 g/mol. The van der Waals surface area contributed by atoms with E-state index in [0.717, 1.165) is 0 Å². The summed E-state index contributed by atoms with van der Waals surface area (Å²) >= 11 is 0. The summed E-state index contributed by atoms with van der Waals surface area (Å²) in [5.74, 6) is 0. The van der Waals surface area contributed by atoms with Crippen LogP contribution in [-0.2, 0) is 27.3 Å². The Hall–Kier alpha value is 0.210. The lowest BCUT2D eigenvalue weighted by molar-refractivity contribution is -0.249. The van der Waals surface area contributed by atoms with E-state index in [1.165, 1.54) is 0 Å². The van der Waals surface area contributed by atoms with Crippen LogP contribution in [0.1, 0.15) is 6.92 Å². The van der Waals surface area contributed by atoms with Crippen molar-refractivity contribution >= 4 is 23.5 Å². The third kappa shape index (κ3) is 6.11. The monoisotopic (exact) mass is 434 g/mol. The van der Waals surface area contributed by atoms with E-state index in [-0.39, 0.29) is 0 Å². The van der Waals surface area contributed by atoms with Crippen LogP contribution in [0.3, 0.4) is 0 Å². The van der Waals surface area contributed by atoms with Crippen LogP contribution in [0.5, 0.6) is 0 Å². The molecular weight excluding hydrogens is 417 g/mol.